The van der Waals surface area contributed by atoms with Gasteiger partial charge in [-0.1, -0.05) is 29.3 Å². The molecule has 0 aliphatic carbocycles. The molecule has 0 aliphatic heterocycles. The summed E-state index contributed by atoms with van der Waals surface area (Å²) in [5, 5.41) is 15.5. The molecular formula is C19H13Cl2N3O5. The maximum atomic E-state index is 12.3. The lowest BCUT2D eigenvalue weighted by Gasteiger charge is -2.06. The van der Waals surface area contributed by atoms with Crippen LogP contribution in [-0.2, 0) is 0 Å². The number of rotatable bonds is 6. The molecule has 0 atom stereocenters. The molecule has 3 aromatic rings. The van der Waals surface area contributed by atoms with E-state index in [0.29, 0.717) is 27.1 Å². The highest BCUT2D eigenvalue weighted by Crippen LogP contribution is 2.34. The monoisotopic (exact) mass is 433 g/mol. The SMILES string of the molecule is COc1ccc([N+](=O)[O-])cc1C(=O)N/N=C\c1ccc(-c2cccc(Cl)c2Cl)o1. The standard InChI is InChI=1S/C19H13Cl2N3O5/c1-28-16-7-5-11(24(26)27)9-14(16)19(25)23-22-10-12-6-8-17(29-12)13-3-2-4-15(20)18(13)21/h2-10H,1H3,(H,23,25)/b22-10-. The van der Waals surface area contributed by atoms with Crippen molar-refractivity contribution in [2.75, 3.05) is 7.11 Å². The number of nitro benzene ring substituents is 1. The summed E-state index contributed by atoms with van der Waals surface area (Å²) < 4.78 is 10.7. The largest absolute Gasteiger partial charge is 0.496 e. The molecule has 10 heteroatoms. The van der Waals surface area contributed by atoms with Crippen LogP contribution < -0.4 is 10.2 Å². The number of amides is 1. The van der Waals surface area contributed by atoms with E-state index >= 15 is 0 Å². The van der Waals surface area contributed by atoms with Crippen molar-refractivity contribution >= 4 is 41.0 Å². The minimum Gasteiger partial charge on any atom is -0.496 e. The van der Waals surface area contributed by atoms with Gasteiger partial charge in [-0.15, -0.1) is 0 Å². The van der Waals surface area contributed by atoms with E-state index in [0.717, 1.165) is 6.07 Å². The molecule has 148 valence electrons. The molecule has 0 unspecified atom stereocenters. The maximum absolute atomic E-state index is 12.3. The van der Waals surface area contributed by atoms with Crippen molar-refractivity contribution in [1.82, 2.24) is 5.43 Å². The number of non-ortho nitro benzene ring substituents is 1. The van der Waals surface area contributed by atoms with Crippen molar-refractivity contribution in [2.24, 2.45) is 5.10 Å². The lowest BCUT2D eigenvalue weighted by atomic mass is 10.1. The van der Waals surface area contributed by atoms with E-state index in [4.69, 9.17) is 32.4 Å². The Balaban J connectivity index is 1.75. The Hall–Kier alpha value is -3.36. The summed E-state index contributed by atoms with van der Waals surface area (Å²) in [5.74, 6) is 0.332. The number of benzene rings is 2. The number of carbonyl (C=O) groups is 1. The Morgan fingerprint density at radius 2 is 2.03 bits per heavy atom. The average molecular weight is 434 g/mol. The van der Waals surface area contributed by atoms with Gasteiger partial charge in [-0.2, -0.15) is 5.10 Å². The number of furan rings is 1. The van der Waals surface area contributed by atoms with E-state index in [1.165, 1.54) is 25.5 Å². The highest BCUT2D eigenvalue weighted by Gasteiger charge is 2.17. The third-order valence-electron chi connectivity index (χ3n) is 3.84. The lowest BCUT2D eigenvalue weighted by Crippen LogP contribution is -2.18. The number of methoxy groups -OCH3 is 1. The third-order valence-corrected chi connectivity index (χ3v) is 4.66. The van der Waals surface area contributed by atoms with Gasteiger partial charge in [-0.25, -0.2) is 5.43 Å². The smallest absolute Gasteiger partial charge is 0.275 e. The highest BCUT2D eigenvalue weighted by molar-refractivity contribution is 6.43. The number of halogens is 2. The van der Waals surface area contributed by atoms with Crippen LogP contribution in [0, 0.1) is 10.1 Å². The predicted octanol–water partition coefficient (Wildman–Crippen LogP) is 4.93. The molecule has 0 fully saturated rings. The van der Waals surface area contributed by atoms with Gasteiger partial charge >= 0.3 is 0 Å². The zero-order valence-electron chi connectivity index (χ0n) is 14.9. The maximum Gasteiger partial charge on any atom is 0.275 e. The van der Waals surface area contributed by atoms with Crippen molar-refractivity contribution < 1.29 is 18.9 Å². The minimum absolute atomic E-state index is 0.0234. The van der Waals surface area contributed by atoms with Crippen molar-refractivity contribution in [3.63, 3.8) is 0 Å². The molecule has 1 aromatic heterocycles. The Morgan fingerprint density at radius 1 is 1.24 bits per heavy atom. The van der Waals surface area contributed by atoms with Crippen molar-refractivity contribution in [2.45, 2.75) is 0 Å². The van der Waals surface area contributed by atoms with Crippen molar-refractivity contribution in [3.05, 3.63) is 80.0 Å². The quantitative estimate of drug-likeness (QED) is 0.336. The van der Waals surface area contributed by atoms with Crippen LogP contribution in [0.1, 0.15) is 16.1 Å². The molecule has 0 spiro atoms. The van der Waals surface area contributed by atoms with Gasteiger partial charge < -0.3 is 9.15 Å². The fraction of sp³-hybridized carbons (Fsp3) is 0.0526. The molecule has 1 amide bonds. The first kappa shape index (κ1) is 20.4. The summed E-state index contributed by atoms with van der Waals surface area (Å²) >= 11 is 12.2. The van der Waals surface area contributed by atoms with Crippen LogP contribution in [0.25, 0.3) is 11.3 Å². The molecule has 8 nitrogen and oxygen atoms in total. The number of carbonyl (C=O) groups excluding carboxylic acids is 1. The molecule has 29 heavy (non-hydrogen) atoms. The summed E-state index contributed by atoms with van der Waals surface area (Å²) in [6, 6.07) is 12.2. The van der Waals surface area contributed by atoms with E-state index in [-0.39, 0.29) is 17.0 Å². The number of nitro groups is 1. The predicted molar refractivity (Wildman–Crippen MR) is 109 cm³/mol. The molecule has 2 aromatic carbocycles. The Kier molecular flexibility index (Phi) is 6.16. The topological polar surface area (TPSA) is 107 Å². The second kappa shape index (κ2) is 8.76. The van der Waals surface area contributed by atoms with Crippen LogP contribution in [0.15, 0.2) is 58.0 Å². The van der Waals surface area contributed by atoms with E-state index in [2.05, 4.69) is 10.5 Å². The number of hydrazone groups is 1. The third kappa shape index (κ3) is 4.56. The Morgan fingerprint density at radius 3 is 2.76 bits per heavy atom. The normalized spacial score (nSPS) is 10.9. The second-order valence-corrected chi connectivity index (χ2v) is 6.43. The van der Waals surface area contributed by atoms with Gasteiger partial charge in [0, 0.05) is 17.7 Å². The number of ether oxygens (including phenoxy) is 1. The lowest BCUT2D eigenvalue weighted by molar-refractivity contribution is -0.384. The van der Waals surface area contributed by atoms with E-state index in [1.807, 2.05) is 0 Å². The summed E-state index contributed by atoms with van der Waals surface area (Å²) in [4.78, 5) is 22.6. The summed E-state index contributed by atoms with van der Waals surface area (Å²) in [6.45, 7) is 0. The number of nitrogens with one attached hydrogen (secondary N) is 1. The first-order valence-corrected chi connectivity index (χ1v) is 8.86. The van der Waals surface area contributed by atoms with Gasteiger partial charge in [-0.05, 0) is 30.3 Å². The minimum atomic E-state index is -0.675. The molecule has 1 heterocycles. The van der Waals surface area contributed by atoms with Gasteiger partial charge in [0.25, 0.3) is 11.6 Å². The fourth-order valence-corrected chi connectivity index (χ4v) is 2.86. The Labute approximate surface area is 174 Å². The van der Waals surface area contributed by atoms with E-state index in [9.17, 15) is 14.9 Å². The Bertz CT molecular complexity index is 1110. The zero-order valence-corrected chi connectivity index (χ0v) is 16.4. The van der Waals surface area contributed by atoms with Gasteiger partial charge in [0.15, 0.2) is 0 Å². The number of nitrogens with zero attached hydrogens (tertiary/aromatic N) is 2. The van der Waals surface area contributed by atoms with Crippen LogP contribution in [0.2, 0.25) is 10.0 Å². The fourth-order valence-electron chi connectivity index (χ4n) is 2.46. The summed E-state index contributed by atoms with van der Waals surface area (Å²) in [6.07, 6.45) is 1.28. The first-order chi connectivity index (χ1) is 13.9. The van der Waals surface area contributed by atoms with Crippen LogP contribution in [0.4, 0.5) is 5.69 Å². The van der Waals surface area contributed by atoms with Crippen molar-refractivity contribution in [1.29, 1.82) is 0 Å². The molecule has 0 bridgehead atoms. The van der Waals surface area contributed by atoms with Crippen molar-refractivity contribution in [3.8, 4) is 17.1 Å². The van der Waals surface area contributed by atoms with Crippen LogP contribution in [-0.4, -0.2) is 24.2 Å². The molecular weight excluding hydrogens is 421 g/mol. The molecule has 0 radical (unpaired) electrons. The molecule has 1 N–H and O–H groups in total. The molecule has 0 saturated heterocycles. The van der Waals surface area contributed by atoms with Gasteiger partial charge in [0.1, 0.15) is 17.3 Å². The first-order valence-electron chi connectivity index (χ1n) is 8.10. The molecule has 0 aliphatic rings. The van der Waals surface area contributed by atoms with Gasteiger partial charge in [0.05, 0.1) is 33.9 Å². The van der Waals surface area contributed by atoms with Crippen LogP contribution in [0.5, 0.6) is 5.75 Å². The van der Waals surface area contributed by atoms with Gasteiger partial charge in [0.2, 0.25) is 0 Å². The zero-order chi connectivity index (χ0) is 21.0. The van der Waals surface area contributed by atoms with E-state index in [1.54, 1.807) is 30.3 Å². The molecule has 3 rings (SSSR count). The van der Waals surface area contributed by atoms with Crippen LogP contribution in [0.3, 0.4) is 0 Å². The number of hydrogen-bond acceptors (Lipinski definition) is 6. The number of hydrogen-bond donors (Lipinski definition) is 1. The summed E-state index contributed by atoms with van der Waals surface area (Å²) in [5.41, 5.74) is 2.63. The van der Waals surface area contributed by atoms with Crippen LogP contribution >= 0.6 is 23.2 Å². The molecule has 0 saturated carbocycles. The van der Waals surface area contributed by atoms with Gasteiger partial charge in [-0.3, -0.25) is 14.9 Å². The highest BCUT2D eigenvalue weighted by atomic mass is 35.5. The second-order valence-electron chi connectivity index (χ2n) is 5.64. The van der Waals surface area contributed by atoms with E-state index < -0.39 is 10.8 Å². The average Bonchev–Trinajstić information content (AvgIpc) is 3.18. The summed E-state index contributed by atoms with van der Waals surface area (Å²) in [7, 11) is 1.35.